The van der Waals surface area contributed by atoms with Crippen LogP contribution in [0, 0.1) is 6.92 Å². The number of carbonyl (C=O) groups is 2. The van der Waals surface area contributed by atoms with Crippen LogP contribution in [0.25, 0.3) is 0 Å². The van der Waals surface area contributed by atoms with E-state index in [1.54, 1.807) is 17.2 Å². The van der Waals surface area contributed by atoms with Crippen LogP contribution < -0.4 is 9.80 Å². The fourth-order valence-electron chi connectivity index (χ4n) is 4.50. The Morgan fingerprint density at radius 2 is 1.90 bits per heavy atom. The van der Waals surface area contributed by atoms with Crippen molar-refractivity contribution in [3.8, 4) is 0 Å². The molecule has 0 aromatic heterocycles. The average molecular weight is 391 g/mol. The first-order valence-corrected chi connectivity index (χ1v) is 10.5. The zero-order chi connectivity index (χ0) is 20.4. The monoisotopic (exact) mass is 390 g/mol. The van der Waals surface area contributed by atoms with E-state index in [4.69, 9.17) is 0 Å². The number of amides is 2. The van der Waals surface area contributed by atoms with Gasteiger partial charge in [-0.3, -0.25) is 14.6 Å². The van der Waals surface area contributed by atoms with Crippen molar-refractivity contribution in [2.45, 2.75) is 38.6 Å². The molecule has 4 rings (SSSR count). The number of fused-ring (bicyclic) bond motifs is 1. The fraction of sp³-hybridized carbons (Fsp3) is 0.375. The lowest BCUT2D eigenvalue weighted by Gasteiger charge is -2.31. The summed E-state index contributed by atoms with van der Waals surface area (Å²) in [5.74, 6) is -1.03. The lowest BCUT2D eigenvalue weighted by molar-refractivity contribution is -0.908. The minimum absolute atomic E-state index is 0.229. The molecule has 2 heterocycles. The van der Waals surface area contributed by atoms with Crippen molar-refractivity contribution in [1.82, 2.24) is 0 Å². The Bertz CT molecular complexity index is 935. The van der Waals surface area contributed by atoms with Crippen LogP contribution in [0.3, 0.4) is 0 Å². The number of aryl methyl sites for hydroxylation is 1. The quantitative estimate of drug-likeness (QED) is 0.630. The summed E-state index contributed by atoms with van der Waals surface area (Å²) < 4.78 is 0. The molecule has 29 heavy (non-hydrogen) atoms. The van der Waals surface area contributed by atoms with Crippen LogP contribution in [0.4, 0.5) is 5.69 Å². The predicted molar refractivity (Wildman–Crippen MR) is 115 cm³/mol. The Kier molecular flexibility index (Phi) is 5.58. The molecule has 5 heteroatoms. The second-order valence-corrected chi connectivity index (χ2v) is 7.99. The fourth-order valence-corrected chi connectivity index (χ4v) is 4.50. The van der Waals surface area contributed by atoms with Gasteiger partial charge in [0.15, 0.2) is 0 Å². The molecule has 2 unspecified atom stereocenters. The molecular weight excluding hydrogens is 362 g/mol. The van der Waals surface area contributed by atoms with E-state index in [-0.39, 0.29) is 11.8 Å². The third-order valence-electron chi connectivity index (χ3n) is 6.17. The maximum Gasteiger partial charge on any atom is 0.265 e. The first-order valence-electron chi connectivity index (χ1n) is 10.5. The van der Waals surface area contributed by atoms with Gasteiger partial charge >= 0.3 is 0 Å². The molecule has 2 aliphatic rings. The molecule has 150 valence electrons. The minimum Gasteiger partial charge on any atom is -0.331 e. The van der Waals surface area contributed by atoms with Crippen LogP contribution in [-0.4, -0.2) is 43.7 Å². The zero-order valence-electron chi connectivity index (χ0n) is 17.1. The molecule has 3 atom stereocenters. The van der Waals surface area contributed by atoms with Gasteiger partial charge in [0.25, 0.3) is 5.91 Å². The van der Waals surface area contributed by atoms with Crippen molar-refractivity contribution in [2.75, 3.05) is 24.5 Å². The first-order chi connectivity index (χ1) is 14.1. The summed E-state index contributed by atoms with van der Waals surface area (Å²) in [6, 6.07) is 15.4. The van der Waals surface area contributed by atoms with E-state index in [2.05, 4.69) is 11.9 Å². The number of hydrogen-bond acceptors (Lipinski definition) is 3. The Morgan fingerprint density at radius 3 is 2.66 bits per heavy atom. The Morgan fingerprint density at radius 1 is 1.14 bits per heavy atom. The van der Waals surface area contributed by atoms with Gasteiger partial charge in [-0.2, -0.15) is 0 Å². The summed E-state index contributed by atoms with van der Waals surface area (Å²) in [7, 11) is 0. The SMILES string of the molecule is CC[NH+]1CCC[C@@H]1CN=CC1C(=O)N(c2ccc(C)cc2)C(=O)c2ccccc21. The molecule has 0 bridgehead atoms. The van der Waals surface area contributed by atoms with E-state index in [9.17, 15) is 9.59 Å². The molecule has 1 saturated heterocycles. The topological polar surface area (TPSA) is 54.2 Å². The summed E-state index contributed by atoms with van der Waals surface area (Å²) in [5.41, 5.74) is 3.02. The Hall–Kier alpha value is -2.79. The number of nitrogens with one attached hydrogen (secondary N) is 1. The molecule has 2 amide bonds. The Balaban J connectivity index is 1.64. The number of carbonyl (C=O) groups excluding carboxylic acids is 2. The second-order valence-electron chi connectivity index (χ2n) is 7.99. The molecule has 0 saturated carbocycles. The maximum atomic E-state index is 13.3. The molecule has 5 nitrogen and oxygen atoms in total. The van der Waals surface area contributed by atoms with Crippen molar-refractivity contribution >= 4 is 23.7 Å². The van der Waals surface area contributed by atoms with E-state index in [0.29, 0.717) is 17.3 Å². The van der Waals surface area contributed by atoms with Crippen LogP contribution >= 0.6 is 0 Å². The third-order valence-corrected chi connectivity index (χ3v) is 6.17. The number of anilines is 1. The van der Waals surface area contributed by atoms with Gasteiger partial charge in [-0.05, 0) is 37.6 Å². The molecular formula is C24H28N3O2+. The highest BCUT2D eigenvalue weighted by molar-refractivity contribution is 6.29. The highest BCUT2D eigenvalue weighted by Gasteiger charge is 2.38. The number of rotatable bonds is 5. The van der Waals surface area contributed by atoms with Gasteiger partial charge in [0.1, 0.15) is 6.04 Å². The van der Waals surface area contributed by atoms with Crippen LogP contribution in [0.2, 0.25) is 0 Å². The molecule has 0 spiro atoms. The van der Waals surface area contributed by atoms with Gasteiger partial charge in [-0.25, -0.2) is 4.90 Å². The van der Waals surface area contributed by atoms with Crippen molar-refractivity contribution < 1.29 is 14.5 Å². The summed E-state index contributed by atoms with van der Waals surface area (Å²) in [4.78, 5) is 34.0. The summed E-state index contributed by atoms with van der Waals surface area (Å²) >= 11 is 0. The molecule has 2 aromatic rings. The average Bonchev–Trinajstić information content (AvgIpc) is 3.19. The van der Waals surface area contributed by atoms with E-state index in [1.165, 1.54) is 24.3 Å². The summed E-state index contributed by atoms with van der Waals surface area (Å²) in [6.07, 6.45) is 4.19. The van der Waals surface area contributed by atoms with E-state index >= 15 is 0 Å². The predicted octanol–water partition coefficient (Wildman–Crippen LogP) is 2.40. The minimum atomic E-state index is -0.531. The number of quaternary nitrogens is 1. The van der Waals surface area contributed by atoms with Gasteiger partial charge in [0, 0.05) is 24.6 Å². The molecule has 2 aliphatic heterocycles. The van der Waals surface area contributed by atoms with Gasteiger partial charge in [-0.1, -0.05) is 35.9 Å². The van der Waals surface area contributed by atoms with E-state index in [1.807, 2.05) is 49.4 Å². The highest BCUT2D eigenvalue weighted by atomic mass is 16.2. The second kappa shape index (κ2) is 8.29. The van der Waals surface area contributed by atoms with Crippen LogP contribution in [0.5, 0.6) is 0 Å². The van der Waals surface area contributed by atoms with E-state index in [0.717, 1.165) is 24.2 Å². The number of benzene rings is 2. The molecule has 2 aromatic carbocycles. The lowest BCUT2D eigenvalue weighted by atomic mass is 9.89. The van der Waals surface area contributed by atoms with Gasteiger partial charge < -0.3 is 4.90 Å². The van der Waals surface area contributed by atoms with Crippen molar-refractivity contribution in [3.05, 3.63) is 65.2 Å². The number of likely N-dealkylation sites (tertiary alicyclic amines) is 1. The van der Waals surface area contributed by atoms with Gasteiger partial charge in [-0.15, -0.1) is 0 Å². The Labute approximate surface area is 172 Å². The number of nitrogens with zero attached hydrogens (tertiary/aromatic N) is 2. The number of hydrogen-bond donors (Lipinski definition) is 1. The summed E-state index contributed by atoms with van der Waals surface area (Å²) in [5, 5.41) is 0. The molecule has 0 radical (unpaired) electrons. The number of likely N-dealkylation sites (N-methyl/N-ethyl adjacent to an activating group) is 1. The maximum absolute atomic E-state index is 13.3. The molecule has 1 fully saturated rings. The van der Waals surface area contributed by atoms with Crippen LogP contribution in [0.15, 0.2) is 53.5 Å². The largest absolute Gasteiger partial charge is 0.331 e. The zero-order valence-corrected chi connectivity index (χ0v) is 17.1. The standard InChI is InChI=1S/C24H27N3O2/c1-3-26-14-6-7-19(26)15-25-16-22-20-8-4-5-9-21(20)23(28)27(24(22)29)18-12-10-17(2)11-13-18/h4-5,8-13,16,19,22H,3,6-7,14-15H2,1-2H3/p+1/t19-,22?/m1/s1. The van der Waals surface area contributed by atoms with Crippen molar-refractivity contribution in [3.63, 3.8) is 0 Å². The van der Waals surface area contributed by atoms with Crippen LogP contribution in [0.1, 0.15) is 47.2 Å². The van der Waals surface area contributed by atoms with Gasteiger partial charge in [0.2, 0.25) is 5.91 Å². The smallest absolute Gasteiger partial charge is 0.265 e. The van der Waals surface area contributed by atoms with Gasteiger partial charge in [0.05, 0.1) is 31.2 Å². The highest BCUT2D eigenvalue weighted by Crippen LogP contribution is 2.32. The van der Waals surface area contributed by atoms with Crippen LogP contribution in [-0.2, 0) is 4.79 Å². The molecule has 1 N–H and O–H groups in total. The lowest BCUT2D eigenvalue weighted by Crippen LogP contribution is -3.13. The third kappa shape index (κ3) is 3.75. The van der Waals surface area contributed by atoms with Crippen molar-refractivity contribution in [1.29, 1.82) is 0 Å². The van der Waals surface area contributed by atoms with E-state index < -0.39 is 5.92 Å². The number of imide groups is 1. The first kappa shape index (κ1) is 19.5. The van der Waals surface area contributed by atoms with Crippen molar-refractivity contribution in [2.24, 2.45) is 4.99 Å². The molecule has 0 aliphatic carbocycles. The normalized spacial score (nSPS) is 24.3. The summed E-state index contributed by atoms with van der Waals surface area (Å²) in [6.45, 7) is 7.24. The number of aliphatic imine (C=N–C) groups is 1.